The minimum atomic E-state index is -0.0561. The molecule has 0 spiro atoms. The van der Waals surface area contributed by atoms with Gasteiger partial charge < -0.3 is 19.0 Å². The van der Waals surface area contributed by atoms with Crippen molar-refractivity contribution in [3.05, 3.63) is 24.2 Å². The van der Waals surface area contributed by atoms with Crippen LogP contribution >= 0.6 is 0 Å². The van der Waals surface area contributed by atoms with Crippen LogP contribution in [0.1, 0.15) is 65.1 Å². The first-order chi connectivity index (χ1) is 13.0. The Morgan fingerprint density at radius 3 is 2.67 bits per heavy atom. The summed E-state index contributed by atoms with van der Waals surface area (Å²) in [6, 6.07) is 3.68. The highest BCUT2D eigenvalue weighted by Gasteiger charge is 2.27. The van der Waals surface area contributed by atoms with Crippen molar-refractivity contribution in [1.82, 2.24) is 9.80 Å². The van der Waals surface area contributed by atoms with E-state index in [2.05, 4.69) is 6.92 Å². The number of furan rings is 1. The second-order valence-corrected chi connectivity index (χ2v) is 7.56. The molecule has 0 radical (unpaired) electrons. The third-order valence-corrected chi connectivity index (χ3v) is 4.97. The van der Waals surface area contributed by atoms with Gasteiger partial charge in [0.2, 0.25) is 11.8 Å². The van der Waals surface area contributed by atoms with E-state index in [0.29, 0.717) is 19.5 Å². The van der Waals surface area contributed by atoms with Crippen molar-refractivity contribution in [2.75, 3.05) is 19.7 Å². The second kappa shape index (κ2) is 11.1. The van der Waals surface area contributed by atoms with Gasteiger partial charge in [-0.1, -0.05) is 19.8 Å². The zero-order valence-electron chi connectivity index (χ0n) is 17.0. The summed E-state index contributed by atoms with van der Waals surface area (Å²) in [4.78, 5) is 29.1. The van der Waals surface area contributed by atoms with Gasteiger partial charge in [0.15, 0.2) is 0 Å². The van der Waals surface area contributed by atoms with Gasteiger partial charge in [-0.25, -0.2) is 0 Å². The van der Waals surface area contributed by atoms with Gasteiger partial charge >= 0.3 is 0 Å². The van der Waals surface area contributed by atoms with Crippen LogP contribution in [0, 0.1) is 0 Å². The first-order valence-electron chi connectivity index (χ1n) is 10.2. The molecule has 6 heteroatoms. The van der Waals surface area contributed by atoms with Gasteiger partial charge in [0, 0.05) is 25.6 Å². The summed E-state index contributed by atoms with van der Waals surface area (Å²) in [5, 5.41) is 0. The molecular weight excluding hydrogens is 344 g/mol. The van der Waals surface area contributed by atoms with Crippen LogP contribution < -0.4 is 0 Å². The molecule has 1 fully saturated rings. The molecule has 1 aromatic heterocycles. The lowest BCUT2D eigenvalue weighted by Gasteiger charge is -2.31. The molecule has 1 aliphatic rings. The Morgan fingerprint density at radius 1 is 1.26 bits per heavy atom. The number of hydrogen-bond acceptors (Lipinski definition) is 4. The van der Waals surface area contributed by atoms with E-state index in [1.165, 1.54) is 0 Å². The predicted octanol–water partition coefficient (Wildman–Crippen LogP) is 3.60. The zero-order valence-corrected chi connectivity index (χ0v) is 17.0. The first kappa shape index (κ1) is 21.5. The van der Waals surface area contributed by atoms with Gasteiger partial charge in [-0.2, -0.15) is 0 Å². The molecule has 0 aromatic carbocycles. The second-order valence-electron chi connectivity index (χ2n) is 7.56. The number of ether oxygens (including phenoxy) is 1. The van der Waals surface area contributed by atoms with E-state index >= 15 is 0 Å². The monoisotopic (exact) mass is 378 g/mol. The number of rotatable bonds is 11. The van der Waals surface area contributed by atoms with Crippen molar-refractivity contribution < 1.29 is 18.7 Å². The van der Waals surface area contributed by atoms with Crippen LogP contribution in [0.15, 0.2) is 22.8 Å². The Morgan fingerprint density at radius 2 is 2.07 bits per heavy atom. The van der Waals surface area contributed by atoms with Crippen LogP contribution in [0.4, 0.5) is 0 Å². The predicted molar refractivity (Wildman–Crippen MR) is 104 cm³/mol. The average molecular weight is 379 g/mol. The van der Waals surface area contributed by atoms with E-state index in [-0.39, 0.29) is 30.5 Å². The fraction of sp³-hybridized carbons (Fsp3) is 0.714. The molecule has 1 unspecified atom stereocenters. The Bertz CT molecular complexity index is 565. The maximum atomic E-state index is 13.0. The van der Waals surface area contributed by atoms with E-state index < -0.39 is 0 Å². The molecule has 0 aliphatic carbocycles. The molecular formula is C21H34N2O4. The SMILES string of the molecule is CCCCCC(=O)N(CC(=O)N(Cc1ccco1)CC1CCCO1)C(C)C. The molecule has 152 valence electrons. The summed E-state index contributed by atoms with van der Waals surface area (Å²) in [7, 11) is 0. The fourth-order valence-corrected chi connectivity index (χ4v) is 3.35. The smallest absolute Gasteiger partial charge is 0.242 e. The third-order valence-electron chi connectivity index (χ3n) is 4.97. The third kappa shape index (κ3) is 7.01. The number of carbonyl (C=O) groups is 2. The summed E-state index contributed by atoms with van der Waals surface area (Å²) < 4.78 is 11.1. The molecule has 0 saturated carbocycles. The van der Waals surface area contributed by atoms with Crippen LogP contribution in [-0.2, 0) is 20.9 Å². The normalized spacial score (nSPS) is 16.7. The van der Waals surface area contributed by atoms with Crippen molar-refractivity contribution in [1.29, 1.82) is 0 Å². The molecule has 6 nitrogen and oxygen atoms in total. The molecule has 2 heterocycles. The number of unbranched alkanes of at least 4 members (excludes halogenated alkanes) is 2. The van der Waals surface area contributed by atoms with Crippen molar-refractivity contribution in [3.63, 3.8) is 0 Å². The van der Waals surface area contributed by atoms with Crippen LogP contribution in [-0.4, -0.2) is 53.5 Å². The highest BCUT2D eigenvalue weighted by molar-refractivity contribution is 5.85. The Labute approximate surface area is 162 Å². The van der Waals surface area contributed by atoms with Crippen molar-refractivity contribution in [2.24, 2.45) is 0 Å². The summed E-state index contributed by atoms with van der Waals surface area (Å²) in [6.07, 6.45) is 7.16. The lowest BCUT2D eigenvalue weighted by molar-refractivity contribution is -0.143. The number of amides is 2. The highest BCUT2D eigenvalue weighted by atomic mass is 16.5. The average Bonchev–Trinajstić information content (AvgIpc) is 3.32. The van der Waals surface area contributed by atoms with Gasteiger partial charge in [-0.3, -0.25) is 9.59 Å². The van der Waals surface area contributed by atoms with Crippen LogP contribution in [0.2, 0.25) is 0 Å². The summed E-state index contributed by atoms with van der Waals surface area (Å²) >= 11 is 0. The molecule has 0 bridgehead atoms. The van der Waals surface area contributed by atoms with Crippen molar-refractivity contribution >= 4 is 11.8 Å². The molecule has 1 aliphatic heterocycles. The van der Waals surface area contributed by atoms with Gasteiger partial charge in [0.05, 0.1) is 25.5 Å². The summed E-state index contributed by atoms with van der Waals surface area (Å²) in [5.74, 6) is 0.744. The maximum Gasteiger partial charge on any atom is 0.242 e. The lowest BCUT2D eigenvalue weighted by atomic mass is 10.1. The topological polar surface area (TPSA) is 63.0 Å². The van der Waals surface area contributed by atoms with Gasteiger partial charge in [-0.05, 0) is 45.2 Å². The maximum absolute atomic E-state index is 13.0. The van der Waals surface area contributed by atoms with Gasteiger partial charge in [-0.15, -0.1) is 0 Å². The Balaban J connectivity index is 2.00. The minimum absolute atomic E-state index is 0.00345. The molecule has 1 aromatic rings. The molecule has 1 saturated heterocycles. The largest absolute Gasteiger partial charge is 0.467 e. The first-order valence-corrected chi connectivity index (χ1v) is 10.2. The van der Waals surface area contributed by atoms with E-state index in [1.807, 2.05) is 26.0 Å². The Hall–Kier alpha value is -1.82. The number of hydrogen-bond donors (Lipinski definition) is 0. The van der Waals surface area contributed by atoms with Gasteiger partial charge in [0.1, 0.15) is 5.76 Å². The van der Waals surface area contributed by atoms with E-state index in [0.717, 1.165) is 44.5 Å². The lowest BCUT2D eigenvalue weighted by Crippen LogP contribution is -2.47. The van der Waals surface area contributed by atoms with Gasteiger partial charge in [0.25, 0.3) is 0 Å². The quantitative estimate of drug-likeness (QED) is 0.552. The van der Waals surface area contributed by atoms with Crippen LogP contribution in [0.3, 0.4) is 0 Å². The molecule has 0 N–H and O–H groups in total. The van der Waals surface area contributed by atoms with Crippen molar-refractivity contribution in [3.8, 4) is 0 Å². The summed E-state index contributed by atoms with van der Waals surface area (Å²) in [6.45, 7) is 7.84. The number of nitrogens with zero attached hydrogens (tertiary/aromatic N) is 2. The van der Waals surface area contributed by atoms with E-state index in [4.69, 9.17) is 9.15 Å². The minimum Gasteiger partial charge on any atom is -0.467 e. The van der Waals surface area contributed by atoms with E-state index in [9.17, 15) is 9.59 Å². The molecule has 2 amide bonds. The molecule has 2 rings (SSSR count). The summed E-state index contributed by atoms with van der Waals surface area (Å²) in [5.41, 5.74) is 0. The number of carbonyl (C=O) groups excluding carboxylic acids is 2. The standard InChI is InChI=1S/C21H34N2O4/c1-4-5-6-11-20(24)23(17(2)3)16-21(25)22(14-18-9-7-12-26-18)15-19-10-8-13-27-19/h7,9,12,17,19H,4-6,8,10-11,13-16H2,1-3H3. The Kier molecular flexibility index (Phi) is 8.85. The molecule has 1 atom stereocenters. The fourth-order valence-electron chi connectivity index (χ4n) is 3.35. The molecule has 27 heavy (non-hydrogen) atoms. The zero-order chi connectivity index (χ0) is 19.6. The van der Waals surface area contributed by atoms with E-state index in [1.54, 1.807) is 16.1 Å². The van der Waals surface area contributed by atoms with Crippen LogP contribution in [0.5, 0.6) is 0 Å². The van der Waals surface area contributed by atoms with Crippen LogP contribution in [0.25, 0.3) is 0 Å². The van der Waals surface area contributed by atoms with Crippen molar-refractivity contribution in [2.45, 2.75) is 78.0 Å². The highest BCUT2D eigenvalue weighted by Crippen LogP contribution is 2.16.